The van der Waals surface area contributed by atoms with Crippen molar-refractivity contribution in [2.24, 2.45) is 0 Å². The molecule has 3 rings (SSSR count). The van der Waals surface area contributed by atoms with E-state index in [0.29, 0.717) is 23.1 Å². The van der Waals surface area contributed by atoms with Crippen LogP contribution < -0.4 is 20.1 Å². The number of amides is 3. The predicted octanol–water partition coefficient (Wildman–Crippen LogP) is 3.19. The van der Waals surface area contributed by atoms with Gasteiger partial charge in [-0.3, -0.25) is 10.1 Å². The minimum atomic E-state index is -0.634. The molecular weight excluding hydrogens is 396 g/mol. The molecule has 0 fully saturated rings. The number of urea groups is 1. The largest absolute Gasteiger partial charge is 0.497 e. The number of hydrogen-bond donors (Lipinski definition) is 2. The Morgan fingerprint density at radius 2 is 1.59 bits per heavy atom. The normalized spacial score (nSPS) is 10.3. The fourth-order valence-corrected chi connectivity index (χ4v) is 2.81. The minimum absolute atomic E-state index is 0.0553. The molecule has 3 amide bonds. The van der Waals surface area contributed by atoms with E-state index in [4.69, 9.17) is 13.9 Å². The Morgan fingerprint density at radius 3 is 2.21 bits per heavy atom. The third kappa shape index (κ3) is 5.72. The Hall–Kier alpha value is -3.53. The molecule has 29 heavy (non-hydrogen) atoms. The third-order valence-corrected chi connectivity index (χ3v) is 4.49. The lowest BCUT2D eigenvalue weighted by atomic mass is 10.2. The van der Waals surface area contributed by atoms with Crippen LogP contribution in [0.3, 0.4) is 0 Å². The van der Waals surface area contributed by atoms with Gasteiger partial charge in [-0.2, -0.15) is 0 Å². The Labute approximate surface area is 170 Å². The number of hydrogen-bond acceptors (Lipinski definition) is 8. The summed E-state index contributed by atoms with van der Waals surface area (Å²) in [6.07, 6.45) is 0. The second-order valence-electron chi connectivity index (χ2n) is 5.62. The average molecular weight is 414 g/mol. The van der Waals surface area contributed by atoms with E-state index in [9.17, 15) is 9.59 Å². The number of imide groups is 1. The summed E-state index contributed by atoms with van der Waals surface area (Å²) >= 11 is 1.03. The first-order valence-corrected chi connectivity index (χ1v) is 9.41. The first kappa shape index (κ1) is 20.2. The topological polar surface area (TPSA) is 116 Å². The third-order valence-electron chi connectivity index (χ3n) is 3.67. The van der Waals surface area contributed by atoms with Gasteiger partial charge in [0.05, 0.1) is 20.0 Å². The number of carbonyl (C=O) groups is 2. The number of ether oxygens (including phenoxy) is 2. The summed E-state index contributed by atoms with van der Waals surface area (Å²) in [5, 5.41) is 12.9. The Kier molecular flexibility index (Phi) is 6.69. The number of anilines is 1. The van der Waals surface area contributed by atoms with E-state index in [1.807, 2.05) is 0 Å². The van der Waals surface area contributed by atoms with Crippen molar-refractivity contribution in [2.45, 2.75) is 5.22 Å². The summed E-state index contributed by atoms with van der Waals surface area (Å²) in [5.74, 6) is 1.16. The Morgan fingerprint density at radius 1 is 0.966 bits per heavy atom. The highest BCUT2D eigenvalue weighted by Gasteiger charge is 2.13. The molecule has 3 aromatic rings. The Bertz CT molecular complexity index is 973. The van der Waals surface area contributed by atoms with Gasteiger partial charge in [0.15, 0.2) is 0 Å². The van der Waals surface area contributed by atoms with Crippen LogP contribution in [0.2, 0.25) is 0 Å². The molecule has 1 aromatic heterocycles. The maximum Gasteiger partial charge on any atom is 0.325 e. The van der Waals surface area contributed by atoms with Crippen molar-refractivity contribution in [1.29, 1.82) is 0 Å². The summed E-state index contributed by atoms with van der Waals surface area (Å²) in [6.45, 7) is 0. The lowest BCUT2D eigenvalue weighted by molar-refractivity contribution is -0.117. The van der Waals surface area contributed by atoms with E-state index in [2.05, 4.69) is 20.8 Å². The predicted molar refractivity (Wildman–Crippen MR) is 107 cm³/mol. The molecule has 0 aliphatic heterocycles. The summed E-state index contributed by atoms with van der Waals surface area (Å²) in [7, 11) is 3.13. The number of rotatable bonds is 7. The van der Waals surface area contributed by atoms with E-state index in [1.54, 1.807) is 62.8 Å². The molecular formula is C19H18N4O5S. The van der Waals surface area contributed by atoms with Crippen molar-refractivity contribution in [1.82, 2.24) is 15.5 Å². The van der Waals surface area contributed by atoms with Gasteiger partial charge in [-0.25, -0.2) is 4.79 Å². The lowest BCUT2D eigenvalue weighted by Gasteiger charge is -2.07. The van der Waals surface area contributed by atoms with Gasteiger partial charge in [-0.05, 0) is 48.5 Å². The minimum Gasteiger partial charge on any atom is -0.497 e. The highest BCUT2D eigenvalue weighted by atomic mass is 32.2. The number of nitrogens with zero attached hydrogens (tertiary/aromatic N) is 2. The second-order valence-corrected chi connectivity index (χ2v) is 6.55. The maximum absolute atomic E-state index is 11.9. The monoisotopic (exact) mass is 414 g/mol. The molecule has 1 heterocycles. The Balaban J connectivity index is 1.47. The smallest absolute Gasteiger partial charge is 0.325 e. The van der Waals surface area contributed by atoms with Crippen molar-refractivity contribution in [2.75, 3.05) is 25.3 Å². The van der Waals surface area contributed by atoms with Gasteiger partial charge < -0.3 is 19.2 Å². The molecule has 2 N–H and O–H groups in total. The van der Waals surface area contributed by atoms with Crippen LogP contribution in [0.1, 0.15) is 0 Å². The second kappa shape index (κ2) is 9.60. The number of methoxy groups -OCH3 is 2. The lowest BCUT2D eigenvalue weighted by Crippen LogP contribution is -2.35. The van der Waals surface area contributed by atoms with E-state index < -0.39 is 11.9 Å². The van der Waals surface area contributed by atoms with Gasteiger partial charge >= 0.3 is 6.03 Å². The van der Waals surface area contributed by atoms with Gasteiger partial charge in [-0.1, -0.05) is 11.8 Å². The van der Waals surface area contributed by atoms with Crippen LogP contribution in [0.5, 0.6) is 11.5 Å². The highest BCUT2D eigenvalue weighted by Crippen LogP contribution is 2.24. The van der Waals surface area contributed by atoms with Gasteiger partial charge in [0.2, 0.25) is 11.8 Å². The van der Waals surface area contributed by atoms with E-state index in [0.717, 1.165) is 17.3 Å². The van der Waals surface area contributed by atoms with Gasteiger partial charge in [-0.15, -0.1) is 10.2 Å². The molecule has 0 aliphatic rings. The van der Waals surface area contributed by atoms with E-state index in [1.165, 1.54) is 0 Å². The first-order chi connectivity index (χ1) is 14.1. The van der Waals surface area contributed by atoms with Crippen LogP contribution in [-0.4, -0.2) is 42.1 Å². The van der Waals surface area contributed by atoms with E-state index >= 15 is 0 Å². The number of nitrogens with one attached hydrogen (secondary N) is 2. The number of thioether (sulfide) groups is 1. The van der Waals surface area contributed by atoms with Crippen molar-refractivity contribution >= 4 is 29.4 Å². The molecule has 0 spiro atoms. The summed E-state index contributed by atoms with van der Waals surface area (Å²) in [6, 6.07) is 13.2. The molecule has 0 aliphatic carbocycles. The molecule has 9 nitrogen and oxygen atoms in total. The van der Waals surface area contributed by atoms with Crippen LogP contribution >= 0.6 is 11.8 Å². The number of carbonyl (C=O) groups excluding carboxylic acids is 2. The van der Waals surface area contributed by atoms with Crippen molar-refractivity contribution in [3.63, 3.8) is 0 Å². The summed E-state index contributed by atoms with van der Waals surface area (Å²) in [5.41, 5.74) is 1.26. The van der Waals surface area contributed by atoms with Crippen LogP contribution in [0.4, 0.5) is 10.5 Å². The zero-order valence-electron chi connectivity index (χ0n) is 15.7. The average Bonchev–Trinajstić information content (AvgIpc) is 3.22. The van der Waals surface area contributed by atoms with Crippen LogP contribution in [-0.2, 0) is 4.79 Å². The quantitative estimate of drug-likeness (QED) is 0.566. The zero-order valence-corrected chi connectivity index (χ0v) is 16.5. The van der Waals surface area contributed by atoms with Crippen LogP contribution in [0.25, 0.3) is 11.5 Å². The van der Waals surface area contributed by atoms with Gasteiger partial charge in [0.1, 0.15) is 11.5 Å². The fourth-order valence-electron chi connectivity index (χ4n) is 2.25. The maximum atomic E-state index is 11.9. The fraction of sp³-hybridized carbons (Fsp3) is 0.158. The molecule has 0 saturated heterocycles. The highest BCUT2D eigenvalue weighted by molar-refractivity contribution is 7.99. The summed E-state index contributed by atoms with van der Waals surface area (Å²) < 4.78 is 15.7. The SMILES string of the molecule is COc1ccc(NC(=O)NC(=O)CSc2nnc(-c3ccc(OC)cc3)o2)cc1. The van der Waals surface area contributed by atoms with Crippen molar-refractivity contribution in [3.05, 3.63) is 48.5 Å². The molecule has 10 heteroatoms. The van der Waals surface area contributed by atoms with Crippen molar-refractivity contribution < 1.29 is 23.5 Å². The molecule has 0 bridgehead atoms. The zero-order chi connectivity index (χ0) is 20.6. The van der Waals surface area contributed by atoms with E-state index in [-0.39, 0.29) is 11.0 Å². The standard InChI is InChI=1S/C19H18N4O5S/c1-26-14-7-3-12(4-8-14)17-22-23-19(28-17)29-11-16(24)21-18(25)20-13-5-9-15(27-2)10-6-13/h3-10H,11H2,1-2H3,(H2,20,21,24,25). The van der Waals surface area contributed by atoms with Gasteiger partial charge in [0, 0.05) is 11.3 Å². The molecule has 0 saturated carbocycles. The molecule has 0 radical (unpaired) electrons. The first-order valence-electron chi connectivity index (χ1n) is 8.43. The number of aromatic nitrogens is 2. The van der Waals surface area contributed by atoms with Gasteiger partial charge in [0.25, 0.3) is 5.22 Å². The molecule has 150 valence electrons. The van der Waals surface area contributed by atoms with Crippen molar-refractivity contribution in [3.8, 4) is 23.0 Å². The summed E-state index contributed by atoms with van der Waals surface area (Å²) in [4.78, 5) is 23.8. The molecule has 0 atom stereocenters. The molecule has 0 unspecified atom stereocenters. The number of benzene rings is 2. The van der Waals surface area contributed by atoms with Crippen LogP contribution in [0, 0.1) is 0 Å². The van der Waals surface area contributed by atoms with Crippen LogP contribution in [0.15, 0.2) is 58.2 Å². The molecule has 2 aromatic carbocycles.